The van der Waals surface area contributed by atoms with Crippen LogP contribution in [0.1, 0.15) is 57.9 Å². The van der Waals surface area contributed by atoms with Crippen LogP contribution in [-0.4, -0.2) is 54.1 Å². The number of hydrogen-bond donors (Lipinski definition) is 0. The van der Waals surface area contributed by atoms with E-state index in [0.717, 1.165) is 43.0 Å². The minimum atomic E-state index is 0.525. The van der Waals surface area contributed by atoms with Crippen molar-refractivity contribution < 1.29 is 4.74 Å². The standard InChI is InChI=1S/C26H37N3O/c1-17-15-27-25-28(17)16-23(11-19-4-6-24(30-3)7-5-19)29(25)18(2)26-12-20-8-21(13-26)10-22(9-20)14-26/h4-7,17-18,20-23H,8-16H2,1-3H3/t17-,18?,20?,21?,22?,23-,26?/m0/s1. The van der Waals surface area contributed by atoms with Crippen molar-refractivity contribution in [3.63, 3.8) is 0 Å². The van der Waals surface area contributed by atoms with Crippen LogP contribution in [0.5, 0.6) is 5.75 Å². The lowest BCUT2D eigenvalue weighted by molar-refractivity contribution is -0.0885. The van der Waals surface area contributed by atoms with Crippen molar-refractivity contribution in [1.82, 2.24) is 9.80 Å². The number of fused-ring (bicyclic) bond motifs is 1. The summed E-state index contributed by atoms with van der Waals surface area (Å²) in [5, 5.41) is 0. The fourth-order valence-corrected chi connectivity index (χ4v) is 8.24. The predicted molar refractivity (Wildman–Crippen MR) is 121 cm³/mol. The summed E-state index contributed by atoms with van der Waals surface area (Å²) in [6, 6.07) is 10.4. The summed E-state index contributed by atoms with van der Waals surface area (Å²) in [7, 11) is 1.74. The monoisotopic (exact) mass is 407 g/mol. The van der Waals surface area contributed by atoms with Gasteiger partial charge in [-0.25, -0.2) is 0 Å². The molecule has 5 fully saturated rings. The van der Waals surface area contributed by atoms with Gasteiger partial charge in [0.25, 0.3) is 0 Å². The fraction of sp³-hybridized carbons (Fsp3) is 0.731. The lowest BCUT2D eigenvalue weighted by Gasteiger charge is -2.60. The van der Waals surface area contributed by atoms with Crippen molar-refractivity contribution >= 4 is 5.96 Å². The van der Waals surface area contributed by atoms with Gasteiger partial charge >= 0.3 is 0 Å². The van der Waals surface area contributed by atoms with Crippen molar-refractivity contribution in [2.45, 2.75) is 76.9 Å². The van der Waals surface area contributed by atoms with Crippen LogP contribution in [0.25, 0.3) is 0 Å². The molecule has 0 amide bonds. The van der Waals surface area contributed by atoms with E-state index < -0.39 is 0 Å². The average molecular weight is 408 g/mol. The van der Waals surface area contributed by atoms with Crippen LogP contribution in [0.3, 0.4) is 0 Å². The number of guanidine groups is 1. The summed E-state index contributed by atoms with van der Waals surface area (Å²) >= 11 is 0. The highest BCUT2D eigenvalue weighted by Crippen LogP contribution is 2.62. The van der Waals surface area contributed by atoms with E-state index in [-0.39, 0.29) is 0 Å². The van der Waals surface area contributed by atoms with Gasteiger partial charge in [0.2, 0.25) is 0 Å². The Hall–Kier alpha value is -1.71. The van der Waals surface area contributed by atoms with Crippen LogP contribution in [0.4, 0.5) is 0 Å². The van der Waals surface area contributed by atoms with Gasteiger partial charge in [-0.15, -0.1) is 0 Å². The number of rotatable bonds is 5. The molecule has 2 heterocycles. The maximum absolute atomic E-state index is 5.37. The zero-order chi connectivity index (χ0) is 20.5. The first-order chi connectivity index (χ1) is 14.5. The van der Waals surface area contributed by atoms with E-state index in [1.807, 2.05) is 0 Å². The molecule has 1 unspecified atom stereocenters. The molecule has 1 aromatic carbocycles. The van der Waals surface area contributed by atoms with Crippen molar-refractivity contribution in [2.24, 2.45) is 28.2 Å². The minimum Gasteiger partial charge on any atom is -0.497 e. The highest BCUT2D eigenvalue weighted by molar-refractivity contribution is 5.85. The lowest BCUT2D eigenvalue weighted by atomic mass is 9.47. The number of methoxy groups -OCH3 is 1. The molecule has 2 aliphatic heterocycles. The number of hydrogen-bond acceptors (Lipinski definition) is 4. The molecule has 3 atom stereocenters. The fourth-order valence-electron chi connectivity index (χ4n) is 8.24. The first kappa shape index (κ1) is 19.0. The van der Waals surface area contributed by atoms with E-state index in [1.54, 1.807) is 7.11 Å². The molecule has 4 aliphatic carbocycles. The van der Waals surface area contributed by atoms with E-state index in [0.29, 0.717) is 23.5 Å². The second kappa shape index (κ2) is 6.90. The normalized spacial score (nSPS) is 40.0. The summed E-state index contributed by atoms with van der Waals surface area (Å²) in [6.45, 7) is 7.00. The van der Waals surface area contributed by atoms with Gasteiger partial charge in [-0.1, -0.05) is 12.1 Å². The van der Waals surface area contributed by atoms with Crippen LogP contribution in [0.15, 0.2) is 29.3 Å². The third-order valence-corrected chi connectivity index (χ3v) is 9.34. The van der Waals surface area contributed by atoms with Gasteiger partial charge in [0.15, 0.2) is 5.96 Å². The Bertz CT molecular complexity index is 796. The summed E-state index contributed by atoms with van der Waals surface area (Å²) in [5.74, 6) is 5.26. The van der Waals surface area contributed by atoms with Crippen molar-refractivity contribution in [2.75, 3.05) is 20.2 Å². The van der Waals surface area contributed by atoms with Crippen LogP contribution >= 0.6 is 0 Å². The van der Waals surface area contributed by atoms with E-state index in [9.17, 15) is 0 Å². The number of aliphatic imine (C=N–C) groups is 1. The third kappa shape index (κ3) is 2.89. The van der Waals surface area contributed by atoms with E-state index in [4.69, 9.17) is 9.73 Å². The Labute approximate surface area is 181 Å². The molecule has 4 heteroatoms. The molecule has 4 nitrogen and oxygen atoms in total. The highest BCUT2D eigenvalue weighted by atomic mass is 16.5. The molecule has 162 valence electrons. The minimum absolute atomic E-state index is 0.525. The van der Waals surface area contributed by atoms with Gasteiger partial charge in [-0.05, 0) is 99.7 Å². The number of nitrogens with zero attached hydrogens (tertiary/aromatic N) is 3. The van der Waals surface area contributed by atoms with E-state index in [1.165, 1.54) is 50.0 Å². The molecule has 0 radical (unpaired) electrons. The maximum Gasteiger partial charge on any atom is 0.197 e. The van der Waals surface area contributed by atoms with Gasteiger partial charge in [-0.2, -0.15) is 0 Å². The Morgan fingerprint density at radius 3 is 2.30 bits per heavy atom. The average Bonchev–Trinajstić information content (AvgIpc) is 3.26. The molecular formula is C26H37N3O. The maximum atomic E-state index is 5.37. The first-order valence-corrected chi connectivity index (χ1v) is 12.3. The Kier molecular flexibility index (Phi) is 4.37. The Morgan fingerprint density at radius 2 is 1.70 bits per heavy atom. The van der Waals surface area contributed by atoms with Gasteiger partial charge in [0, 0.05) is 18.6 Å². The molecule has 30 heavy (non-hydrogen) atoms. The van der Waals surface area contributed by atoms with E-state index in [2.05, 4.69) is 47.9 Å². The zero-order valence-electron chi connectivity index (χ0n) is 18.9. The molecule has 0 N–H and O–H groups in total. The second-order valence-electron chi connectivity index (χ2n) is 11.2. The second-order valence-corrected chi connectivity index (χ2v) is 11.2. The molecule has 1 aromatic rings. The van der Waals surface area contributed by atoms with Crippen molar-refractivity contribution in [1.29, 1.82) is 0 Å². The van der Waals surface area contributed by atoms with Crippen LogP contribution in [0, 0.1) is 23.2 Å². The number of ether oxygens (including phenoxy) is 1. The van der Waals surface area contributed by atoms with Crippen LogP contribution in [0.2, 0.25) is 0 Å². The van der Waals surface area contributed by atoms with Crippen LogP contribution < -0.4 is 4.74 Å². The molecule has 0 spiro atoms. The SMILES string of the molecule is COc1ccc(C[C@H]2CN3C(=NC[C@@H]3C)N2C(C)C23CC4CC(CC(C4)C2)C3)cc1. The summed E-state index contributed by atoms with van der Waals surface area (Å²) in [5.41, 5.74) is 1.94. The largest absolute Gasteiger partial charge is 0.497 e. The predicted octanol–water partition coefficient (Wildman–Crippen LogP) is 4.59. The van der Waals surface area contributed by atoms with Crippen molar-refractivity contribution in [3.8, 4) is 5.75 Å². The van der Waals surface area contributed by atoms with Crippen molar-refractivity contribution in [3.05, 3.63) is 29.8 Å². The van der Waals surface area contributed by atoms with E-state index >= 15 is 0 Å². The highest BCUT2D eigenvalue weighted by Gasteiger charge is 2.56. The molecule has 6 aliphatic rings. The van der Waals surface area contributed by atoms with Gasteiger partial charge in [0.1, 0.15) is 5.75 Å². The molecule has 4 saturated carbocycles. The smallest absolute Gasteiger partial charge is 0.197 e. The summed E-state index contributed by atoms with van der Waals surface area (Å²) < 4.78 is 5.37. The third-order valence-electron chi connectivity index (χ3n) is 9.34. The molecule has 7 rings (SSSR count). The number of benzene rings is 1. The van der Waals surface area contributed by atoms with Crippen LogP contribution in [-0.2, 0) is 6.42 Å². The van der Waals surface area contributed by atoms with Gasteiger partial charge in [-0.3, -0.25) is 4.99 Å². The zero-order valence-corrected chi connectivity index (χ0v) is 18.9. The lowest BCUT2D eigenvalue weighted by Crippen LogP contribution is -2.58. The molecule has 1 saturated heterocycles. The molecule has 4 bridgehead atoms. The first-order valence-electron chi connectivity index (χ1n) is 12.3. The topological polar surface area (TPSA) is 28.1 Å². The Balaban J connectivity index is 1.30. The quantitative estimate of drug-likeness (QED) is 0.715. The summed E-state index contributed by atoms with van der Waals surface area (Å²) in [6.07, 6.45) is 10.1. The van der Waals surface area contributed by atoms with Gasteiger partial charge in [0.05, 0.1) is 19.7 Å². The Morgan fingerprint density at radius 1 is 1.07 bits per heavy atom. The molecular weight excluding hydrogens is 370 g/mol. The summed E-state index contributed by atoms with van der Waals surface area (Å²) in [4.78, 5) is 10.5. The van der Waals surface area contributed by atoms with Gasteiger partial charge < -0.3 is 14.5 Å². The molecule has 0 aromatic heterocycles.